The SMILES string of the molecule is Cl.O=C(NC1CCNC1)C1CCCC(C(F)(F)F)C1. The number of hydrogen-bond donors (Lipinski definition) is 2. The molecule has 19 heavy (non-hydrogen) atoms. The predicted molar refractivity (Wildman–Crippen MR) is 68.2 cm³/mol. The smallest absolute Gasteiger partial charge is 0.352 e. The molecule has 2 aliphatic rings. The van der Waals surface area contributed by atoms with Gasteiger partial charge in [-0.2, -0.15) is 13.2 Å². The summed E-state index contributed by atoms with van der Waals surface area (Å²) in [7, 11) is 0. The maximum atomic E-state index is 12.6. The molecular formula is C12H20ClF3N2O. The highest BCUT2D eigenvalue weighted by atomic mass is 35.5. The minimum atomic E-state index is -4.16. The van der Waals surface area contributed by atoms with Crippen molar-refractivity contribution in [2.45, 2.75) is 44.3 Å². The molecule has 7 heteroatoms. The Morgan fingerprint density at radius 2 is 1.95 bits per heavy atom. The molecule has 0 aromatic rings. The average molecular weight is 301 g/mol. The van der Waals surface area contributed by atoms with Gasteiger partial charge in [0.25, 0.3) is 0 Å². The van der Waals surface area contributed by atoms with Gasteiger partial charge in [0, 0.05) is 18.5 Å². The van der Waals surface area contributed by atoms with Gasteiger partial charge in [-0.15, -0.1) is 12.4 Å². The lowest BCUT2D eigenvalue weighted by Gasteiger charge is -2.30. The molecule has 1 amide bonds. The van der Waals surface area contributed by atoms with Gasteiger partial charge in [-0.3, -0.25) is 4.79 Å². The summed E-state index contributed by atoms with van der Waals surface area (Å²) >= 11 is 0. The van der Waals surface area contributed by atoms with Gasteiger partial charge in [-0.25, -0.2) is 0 Å². The number of carbonyl (C=O) groups is 1. The van der Waals surface area contributed by atoms with E-state index in [2.05, 4.69) is 10.6 Å². The van der Waals surface area contributed by atoms with Crippen LogP contribution in [0, 0.1) is 11.8 Å². The van der Waals surface area contributed by atoms with Gasteiger partial charge in [-0.05, 0) is 32.2 Å². The van der Waals surface area contributed by atoms with Crippen LogP contribution in [0.5, 0.6) is 0 Å². The van der Waals surface area contributed by atoms with Gasteiger partial charge >= 0.3 is 6.18 Å². The first-order valence-corrected chi connectivity index (χ1v) is 6.54. The molecular weight excluding hydrogens is 281 g/mol. The van der Waals surface area contributed by atoms with Crippen LogP contribution in [0.2, 0.25) is 0 Å². The highest BCUT2D eigenvalue weighted by Crippen LogP contribution is 2.39. The quantitative estimate of drug-likeness (QED) is 0.821. The lowest BCUT2D eigenvalue weighted by Crippen LogP contribution is -2.42. The van der Waals surface area contributed by atoms with E-state index < -0.39 is 18.0 Å². The molecule has 0 bridgehead atoms. The maximum absolute atomic E-state index is 12.6. The Kier molecular flexibility index (Phi) is 5.92. The Morgan fingerprint density at radius 1 is 1.21 bits per heavy atom. The third kappa shape index (κ3) is 4.53. The molecule has 0 radical (unpaired) electrons. The van der Waals surface area contributed by atoms with E-state index >= 15 is 0 Å². The van der Waals surface area contributed by atoms with Crippen LogP contribution in [0.25, 0.3) is 0 Å². The minimum absolute atomic E-state index is 0. The fourth-order valence-electron chi connectivity index (χ4n) is 2.82. The molecule has 3 unspecified atom stereocenters. The first-order chi connectivity index (χ1) is 8.47. The van der Waals surface area contributed by atoms with Crippen molar-refractivity contribution in [3.8, 4) is 0 Å². The number of rotatable bonds is 2. The minimum Gasteiger partial charge on any atom is -0.352 e. The number of nitrogens with one attached hydrogen (secondary N) is 2. The van der Waals surface area contributed by atoms with Crippen molar-refractivity contribution < 1.29 is 18.0 Å². The van der Waals surface area contributed by atoms with E-state index in [4.69, 9.17) is 0 Å². The summed E-state index contributed by atoms with van der Waals surface area (Å²) in [6.07, 6.45) is -2.10. The summed E-state index contributed by atoms with van der Waals surface area (Å²) in [5.74, 6) is -1.97. The molecule has 2 fully saturated rings. The summed E-state index contributed by atoms with van der Waals surface area (Å²) in [6, 6.07) is 0.0868. The zero-order chi connectivity index (χ0) is 13.2. The second-order valence-electron chi connectivity index (χ2n) is 5.30. The van der Waals surface area contributed by atoms with Crippen LogP contribution in [0.3, 0.4) is 0 Å². The van der Waals surface area contributed by atoms with Crippen molar-refractivity contribution in [3.05, 3.63) is 0 Å². The van der Waals surface area contributed by atoms with E-state index in [1.165, 1.54) is 0 Å². The Hall–Kier alpha value is -0.490. The highest BCUT2D eigenvalue weighted by Gasteiger charge is 2.43. The van der Waals surface area contributed by atoms with Crippen LogP contribution in [0.1, 0.15) is 32.1 Å². The molecule has 1 saturated heterocycles. The van der Waals surface area contributed by atoms with Gasteiger partial charge in [0.1, 0.15) is 0 Å². The molecule has 1 aliphatic carbocycles. The lowest BCUT2D eigenvalue weighted by atomic mass is 9.80. The Morgan fingerprint density at radius 3 is 2.53 bits per heavy atom. The Bertz CT molecular complexity index is 306. The molecule has 2 N–H and O–H groups in total. The number of halogens is 4. The fraction of sp³-hybridized carbons (Fsp3) is 0.917. The predicted octanol–water partition coefficient (Wildman–Crippen LogP) is 2.25. The first-order valence-electron chi connectivity index (χ1n) is 6.54. The zero-order valence-corrected chi connectivity index (χ0v) is 11.4. The average Bonchev–Trinajstić information content (AvgIpc) is 2.81. The maximum Gasteiger partial charge on any atom is 0.391 e. The van der Waals surface area contributed by atoms with Crippen LogP contribution < -0.4 is 10.6 Å². The molecule has 1 saturated carbocycles. The van der Waals surface area contributed by atoms with Crippen LogP contribution in [-0.4, -0.2) is 31.2 Å². The van der Waals surface area contributed by atoms with Crippen LogP contribution in [-0.2, 0) is 4.79 Å². The van der Waals surface area contributed by atoms with E-state index in [9.17, 15) is 18.0 Å². The topological polar surface area (TPSA) is 41.1 Å². The van der Waals surface area contributed by atoms with Crippen molar-refractivity contribution in [2.75, 3.05) is 13.1 Å². The second kappa shape index (κ2) is 6.79. The molecule has 0 aromatic carbocycles. The van der Waals surface area contributed by atoms with Gasteiger partial charge in [-0.1, -0.05) is 6.42 Å². The van der Waals surface area contributed by atoms with Crippen molar-refractivity contribution >= 4 is 18.3 Å². The first kappa shape index (κ1) is 16.6. The fourth-order valence-corrected chi connectivity index (χ4v) is 2.82. The van der Waals surface area contributed by atoms with Gasteiger partial charge < -0.3 is 10.6 Å². The van der Waals surface area contributed by atoms with E-state index in [0.29, 0.717) is 12.8 Å². The normalized spacial score (nSPS) is 31.6. The van der Waals surface area contributed by atoms with E-state index in [1.807, 2.05) is 0 Å². The summed E-state index contributed by atoms with van der Waals surface area (Å²) in [5.41, 5.74) is 0. The number of carbonyl (C=O) groups excluding carboxylic acids is 1. The van der Waals surface area contributed by atoms with Crippen molar-refractivity contribution in [2.24, 2.45) is 11.8 Å². The van der Waals surface area contributed by atoms with Crippen molar-refractivity contribution in [3.63, 3.8) is 0 Å². The third-order valence-electron chi connectivity index (χ3n) is 3.91. The largest absolute Gasteiger partial charge is 0.391 e. The van der Waals surface area contributed by atoms with Crippen molar-refractivity contribution in [1.29, 1.82) is 0 Å². The Balaban J connectivity index is 0.00000180. The highest BCUT2D eigenvalue weighted by molar-refractivity contribution is 5.85. The lowest BCUT2D eigenvalue weighted by molar-refractivity contribution is -0.186. The summed E-state index contributed by atoms with van der Waals surface area (Å²) in [5, 5.41) is 5.97. The summed E-state index contributed by atoms with van der Waals surface area (Å²) in [6.45, 7) is 1.59. The van der Waals surface area contributed by atoms with Crippen LogP contribution in [0.4, 0.5) is 13.2 Å². The van der Waals surface area contributed by atoms with E-state index in [-0.39, 0.29) is 37.2 Å². The van der Waals surface area contributed by atoms with Crippen molar-refractivity contribution in [1.82, 2.24) is 10.6 Å². The molecule has 1 aliphatic heterocycles. The number of alkyl halides is 3. The molecule has 3 atom stereocenters. The molecule has 112 valence electrons. The summed E-state index contributed by atoms with van der Waals surface area (Å²) in [4.78, 5) is 11.9. The second-order valence-corrected chi connectivity index (χ2v) is 5.30. The van der Waals surface area contributed by atoms with Gasteiger partial charge in [0.2, 0.25) is 5.91 Å². The van der Waals surface area contributed by atoms with E-state index in [0.717, 1.165) is 19.5 Å². The van der Waals surface area contributed by atoms with Gasteiger partial charge in [0.05, 0.1) is 5.92 Å². The Labute approximate surface area is 117 Å². The number of amides is 1. The van der Waals surface area contributed by atoms with Crippen LogP contribution >= 0.6 is 12.4 Å². The molecule has 1 heterocycles. The molecule has 0 aromatic heterocycles. The van der Waals surface area contributed by atoms with Gasteiger partial charge in [0.15, 0.2) is 0 Å². The number of hydrogen-bond acceptors (Lipinski definition) is 2. The molecule has 0 spiro atoms. The zero-order valence-electron chi connectivity index (χ0n) is 10.6. The standard InChI is InChI=1S/C12H19F3N2O.ClH/c13-12(14,15)9-3-1-2-8(6-9)11(18)17-10-4-5-16-7-10;/h8-10,16H,1-7H2,(H,17,18);1H. The summed E-state index contributed by atoms with van der Waals surface area (Å²) < 4.78 is 37.9. The van der Waals surface area contributed by atoms with E-state index in [1.54, 1.807) is 0 Å². The monoisotopic (exact) mass is 300 g/mol. The third-order valence-corrected chi connectivity index (χ3v) is 3.91. The molecule has 3 nitrogen and oxygen atoms in total. The molecule has 2 rings (SSSR count). The van der Waals surface area contributed by atoms with Crippen LogP contribution in [0.15, 0.2) is 0 Å².